The lowest BCUT2D eigenvalue weighted by atomic mass is 10.3. The number of nitrogens with two attached hydrogens (primary N) is 1. The van der Waals surface area contributed by atoms with E-state index in [1.165, 1.54) is 18.0 Å². The van der Waals surface area contributed by atoms with Gasteiger partial charge in [0.1, 0.15) is 0 Å². The fourth-order valence-electron chi connectivity index (χ4n) is 1.32. The lowest BCUT2D eigenvalue weighted by Gasteiger charge is -2.03. The van der Waals surface area contributed by atoms with E-state index in [0.29, 0.717) is 17.0 Å². The van der Waals surface area contributed by atoms with Gasteiger partial charge in [0.2, 0.25) is 5.76 Å². The number of rotatable bonds is 4. The van der Waals surface area contributed by atoms with E-state index < -0.39 is 5.97 Å². The van der Waals surface area contributed by atoms with Crippen LogP contribution in [0.25, 0.3) is 0 Å². The molecule has 2 aromatic rings. The second kappa shape index (κ2) is 4.92. The van der Waals surface area contributed by atoms with E-state index in [4.69, 9.17) is 15.3 Å². The van der Waals surface area contributed by atoms with E-state index in [-0.39, 0.29) is 5.76 Å². The minimum atomic E-state index is -1.06. The maximum absolute atomic E-state index is 10.8. The molecular formula is C11H10N2O3S. The van der Waals surface area contributed by atoms with Crippen molar-refractivity contribution in [2.75, 3.05) is 5.73 Å². The summed E-state index contributed by atoms with van der Waals surface area (Å²) in [5.74, 6) is -0.592. The Balaban J connectivity index is 2.10. The first-order chi connectivity index (χ1) is 8.18. The second-order valence-corrected chi connectivity index (χ2v) is 4.30. The molecule has 0 aliphatic rings. The smallest absolute Gasteiger partial charge is 0.372 e. The van der Waals surface area contributed by atoms with Gasteiger partial charge in [0.25, 0.3) is 0 Å². The molecule has 0 radical (unpaired) electrons. The first kappa shape index (κ1) is 11.5. The van der Waals surface area contributed by atoms with Crippen LogP contribution in [0.1, 0.15) is 16.1 Å². The van der Waals surface area contributed by atoms with E-state index in [2.05, 4.69) is 4.98 Å². The van der Waals surface area contributed by atoms with Gasteiger partial charge in [-0.1, -0.05) is 0 Å². The van der Waals surface area contributed by atoms with Crippen molar-refractivity contribution >= 4 is 23.4 Å². The maximum Gasteiger partial charge on any atom is 0.372 e. The molecule has 2 aromatic heterocycles. The summed E-state index contributed by atoms with van der Waals surface area (Å²) >= 11 is 1.45. The molecule has 0 spiro atoms. The van der Waals surface area contributed by atoms with Crippen LogP contribution in [0, 0.1) is 0 Å². The molecule has 2 heterocycles. The highest BCUT2D eigenvalue weighted by Crippen LogP contribution is 2.28. The number of thioether (sulfide) groups is 1. The summed E-state index contributed by atoms with van der Waals surface area (Å²) < 4.78 is 4.89. The van der Waals surface area contributed by atoms with Crippen LogP contribution in [0.15, 0.2) is 40.1 Å². The number of nitrogen functional groups attached to an aromatic ring is 1. The monoisotopic (exact) mass is 250 g/mol. The Hall–Kier alpha value is -1.95. The average molecular weight is 250 g/mol. The van der Waals surface area contributed by atoms with E-state index in [1.54, 1.807) is 24.5 Å². The molecule has 0 aliphatic heterocycles. The van der Waals surface area contributed by atoms with Gasteiger partial charge in [-0.25, -0.2) is 4.79 Å². The first-order valence-electron chi connectivity index (χ1n) is 4.80. The number of hydrogen-bond acceptors (Lipinski definition) is 5. The van der Waals surface area contributed by atoms with Gasteiger partial charge >= 0.3 is 5.97 Å². The molecule has 0 aromatic carbocycles. The van der Waals surface area contributed by atoms with Gasteiger partial charge in [-0.3, -0.25) is 4.98 Å². The fraction of sp³-hybridized carbons (Fsp3) is 0.0909. The van der Waals surface area contributed by atoms with Gasteiger partial charge in [-0.05, 0) is 12.1 Å². The average Bonchev–Trinajstić information content (AvgIpc) is 2.76. The zero-order chi connectivity index (χ0) is 12.3. The van der Waals surface area contributed by atoms with Crippen molar-refractivity contribution in [3.63, 3.8) is 0 Å². The maximum atomic E-state index is 10.8. The predicted octanol–water partition coefficient (Wildman–Crippen LogP) is 2.25. The zero-order valence-electron chi connectivity index (χ0n) is 8.79. The zero-order valence-corrected chi connectivity index (χ0v) is 9.61. The number of aromatic nitrogens is 1. The molecule has 0 saturated carbocycles. The number of aromatic carboxylic acids is 1. The summed E-state index contributed by atoms with van der Waals surface area (Å²) in [6.07, 6.45) is 4.58. The van der Waals surface area contributed by atoms with Crippen molar-refractivity contribution in [1.82, 2.24) is 4.98 Å². The third kappa shape index (κ3) is 2.59. The minimum absolute atomic E-state index is 0.0230. The molecule has 0 fully saturated rings. The van der Waals surface area contributed by atoms with E-state index >= 15 is 0 Å². The third-order valence-electron chi connectivity index (χ3n) is 2.13. The molecule has 88 valence electrons. The van der Waals surface area contributed by atoms with Crippen LogP contribution in [0.5, 0.6) is 0 Å². The van der Waals surface area contributed by atoms with Gasteiger partial charge < -0.3 is 15.3 Å². The van der Waals surface area contributed by atoms with Crippen LogP contribution in [-0.2, 0) is 5.75 Å². The summed E-state index contributed by atoms with van der Waals surface area (Å²) in [6, 6.07) is 3.44. The van der Waals surface area contributed by atoms with Gasteiger partial charge in [0.05, 0.1) is 18.1 Å². The Morgan fingerprint density at radius 1 is 1.53 bits per heavy atom. The van der Waals surface area contributed by atoms with Crippen LogP contribution < -0.4 is 5.73 Å². The Morgan fingerprint density at radius 3 is 3.06 bits per heavy atom. The summed E-state index contributed by atoms with van der Waals surface area (Å²) in [7, 11) is 0. The van der Waals surface area contributed by atoms with Gasteiger partial charge in [-0.2, -0.15) is 0 Å². The number of carboxylic acid groups (broad SMARTS) is 1. The molecule has 6 heteroatoms. The number of hydrogen-bond donors (Lipinski definition) is 2. The molecule has 0 aliphatic carbocycles. The molecule has 5 nitrogen and oxygen atoms in total. The fourth-order valence-corrected chi connectivity index (χ4v) is 2.23. The SMILES string of the molecule is Nc1cnccc1SCc1ccoc1C(=O)O. The highest BCUT2D eigenvalue weighted by Gasteiger charge is 2.14. The second-order valence-electron chi connectivity index (χ2n) is 3.28. The molecule has 17 heavy (non-hydrogen) atoms. The summed E-state index contributed by atoms with van der Waals surface area (Å²) in [5, 5.41) is 8.87. The molecule has 0 atom stereocenters. The predicted molar refractivity (Wildman–Crippen MR) is 63.9 cm³/mol. The first-order valence-corrected chi connectivity index (χ1v) is 5.79. The standard InChI is InChI=1S/C11H10N2O3S/c12-8-5-13-3-1-9(8)17-6-7-2-4-16-10(7)11(14)15/h1-5H,6,12H2,(H,14,15). The van der Waals surface area contributed by atoms with Crippen molar-refractivity contribution in [3.05, 3.63) is 42.1 Å². The van der Waals surface area contributed by atoms with Crippen LogP contribution in [-0.4, -0.2) is 16.1 Å². The van der Waals surface area contributed by atoms with Crippen LogP contribution in [0.3, 0.4) is 0 Å². The Kier molecular flexibility index (Phi) is 3.34. The molecule has 3 N–H and O–H groups in total. The van der Waals surface area contributed by atoms with Crippen LogP contribution >= 0.6 is 11.8 Å². The lowest BCUT2D eigenvalue weighted by Crippen LogP contribution is -1.98. The van der Waals surface area contributed by atoms with Crippen molar-refractivity contribution in [3.8, 4) is 0 Å². The Morgan fingerprint density at radius 2 is 2.35 bits per heavy atom. The van der Waals surface area contributed by atoms with E-state index in [1.807, 2.05) is 0 Å². The molecule has 0 bridgehead atoms. The number of nitrogens with zero attached hydrogens (tertiary/aromatic N) is 1. The van der Waals surface area contributed by atoms with Gasteiger partial charge in [0.15, 0.2) is 0 Å². The molecule has 2 rings (SSSR count). The Bertz CT molecular complexity index is 539. The highest BCUT2D eigenvalue weighted by molar-refractivity contribution is 7.98. The lowest BCUT2D eigenvalue weighted by molar-refractivity contribution is 0.0661. The quantitative estimate of drug-likeness (QED) is 0.809. The highest BCUT2D eigenvalue weighted by atomic mass is 32.2. The summed E-state index contributed by atoms with van der Waals surface area (Å²) in [6.45, 7) is 0. The number of pyridine rings is 1. The largest absolute Gasteiger partial charge is 0.475 e. The van der Waals surface area contributed by atoms with Crippen molar-refractivity contribution in [2.45, 2.75) is 10.6 Å². The van der Waals surface area contributed by atoms with Crippen molar-refractivity contribution < 1.29 is 14.3 Å². The summed E-state index contributed by atoms with van der Waals surface area (Å²) in [4.78, 5) is 15.6. The molecule has 0 saturated heterocycles. The minimum Gasteiger partial charge on any atom is -0.475 e. The molecule has 0 unspecified atom stereocenters. The number of carboxylic acids is 1. The van der Waals surface area contributed by atoms with E-state index in [0.717, 1.165) is 4.90 Å². The molecule has 0 amide bonds. The van der Waals surface area contributed by atoms with Gasteiger partial charge in [0, 0.05) is 22.4 Å². The van der Waals surface area contributed by atoms with Crippen molar-refractivity contribution in [2.24, 2.45) is 0 Å². The third-order valence-corrected chi connectivity index (χ3v) is 3.27. The van der Waals surface area contributed by atoms with Crippen molar-refractivity contribution in [1.29, 1.82) is 0 Å². The summed E-state index contributed by atoms with van der Waals surface area (Å²) in [5.41, 5.74) is 6.95. The Labute approximate surface area is 102 Å². The number of furan rings is 1. The molecular weight excluding hydrogens is 240 g/mol. The van der Waals surface area contributed by atoms with E-state index in [9.17, 15) is 4.79 Å². The van der Waals surface area contributed by atoms with Crippen LogP contribution in [0.2, 0.25) is 0 Å². The normalized spacial score (nSPS) is 10.4. The topological polar surface area (TPSA) is 89.4 Å². The van der Waals surface area contributed by atoms with Crippen LogP contribution in [0.4, 0.5) is 5.69 Å². The number of anilines is 1. The number of carbonyl (C=O) groups is 1. The van der Waals surface area contributed by atoms with Gasteiger partial charge in [-0.15, -0.1) is 11.8 Å².